The summed E-state index contributed by atoms with van der Waals surface area (Å²) in [5, 5.41) is 2.95. The van der Waals surface area contributed by atoms with E-state index in [2.05, 4.69) is 17.1 Å². The van der Waals surface area contributed by atoms with E-state index < -0.39 is 0 Å². The van der Waals surface area contributed by atoms with E-state index in [4.69, 9.17) is 16.3 Å². The molecule has 0 radical (unpaired) electrons. The van der Waals surface area contributed by atoms with Crippen LogP contribution in [0.1, 0.15) is 24.6 Å². The largest absolute Gasteiger partial charge is 0.376 e. The summed E-state index contributed by atoms with van der Waals surface area (Å²) in [4.78, 5) is 15.2. The lowest BCUT2D eigenvalue weighted by atomic mass is 10.2. The molecule has 2 rings (SSSR count). The minimum absolute atomic E-state index is 0.0602. The van der Waals surface area contributed by atoms with E-state index in [1.165, 1.54) is 4.88 Å². The minimum atomic E-state index is 0.0602. The summed E-state index contributed by atoms with van der Waals surface area (Å²) >= 11 is 7.49. The van der Waals surface area contributed by atoms with E-state index in [1.807, 2.05) is 12.1 Å². The number of halogens is 1. The molecule has 1 saturated heterocycles. The molecule has 2 heterocycles. The van der Waals surface area contributed by atoms with Crippen molar-refractivity contribution in [1.82, 2.24) is 10.2 Å². The lowest BCUT2D eigenvalue weighted by Gasteiger charge is -2.19. The second kappa shape index (κ2) is 7.98. The molecule has 20 heavy (non-hydrogen) atoms. The number of carbonyl (C=O) groups is 1. The first kappa shape index (κ1) is 15.8. The van der Waals surface area contributed by atoms with E-state index in [1.54, 1.807) is 11.3 Å². The van der Waals surface area contributed by atoms with Gasteiger partial charge in [-0.3, -0.25) is 9.69 Å². The molecule has 0 unspecified atom stereocenters. The number of rotatable bonds is 7. The first-order valence-corrected chi connectivity index (χ1v) is 8.21. The van der Waals surface area contributed by atoms with Gasteiger partial charge in [-0.05, 0) is 31.5 Å². The third kappa shape index (κ3) is 5.05. The molecule has 0 spiro atoms. The van der Waals surface area contributed by atoms with Crippen LogP contribution in [0.5, 0.6) is 0 Å². The van der Waals surface area contributed by atoms with E-state index >= 15 is 0 Å². The van der Waals surface area contributed by atoms with Crippen LogP contribution in [0, 0.1) is 0 Å². The first-order valence-electron chi connectivity index (χ1n) is 7.02. The number of hydrogen-bond donors (Lipinski definition) is 1. The number of nitrogens with one attached hydrogen (secondary N) is 1. The van der Waals surface area contributed by atoms with Crippen LogP contribution in [-0.2, 0) is 16.1 Å². The number of nitrogens with zero attached hydrogens (tertiary/aromatic N) is 1. The van der Waals surface area contributed by atoms with Gasteiger partial charge in [0.05, 0.1) is 17.0 Å². The highest BCUT2D eigenvalue weighted by molar-refractivity contribution is 7.16. The summed E-state index contributed by atoms with van der Waals surface area (Å²) < 4.78 is 6.28. The Morgan fingerprint density at radius 2 is 2.45 bits per heavy atom. The zero-order valence-electron chi connectivity index (χ0n) is 11.7. The normalized spacial score (nSPS) is 18.6. The van der Waals surface area contributed by atoms with Crippen molar-refractivity contribution < 1.29 is 9.53 Å². The molecule has 0 aromatic carbocycles. The average molecular weight is 317 g/mol. The summed E-state index contributed by atoms with van der Waals surface area (Å²) in [6, 6.07) is 3.91. The Hall–Kier alpha value is -0.620. The molecule has 0 aliphatic carbocycles. The van der Waals surface area contributed by atoms with Crippen molar-refractivity contribution in [3.8, 4) is 0 Å². The molecule has 4 nitrogen and oxygen atoms in total. The van der Waals surface area contributed by atoms with Gasteiger partial charge in [0, 0.05) is 24.6 Å². The maximum absolute atomic E-state index is 11.9. The van der Waals surface area contributed by atoms with Gasteiger partial charge >= 0.3 is 0 Å². The number of likely N-dealkylation sites (N-methyl/N-ethyl adjacent to an activating group) is 1. The highest BCUT2D eigenvalue weighted by Crippen LogP contribution is 2.22. The van der Waals surface area contributed by atoms with Crippen molar-refractivity contribution in [2.75, 3.05) is 26.2 Å². The fraction of sp³-hybridized carbons (Fsp3) is 0.643. The van der Waals surface area contributed by atoms with Crippen molar-refractivity contribution in [2.24, 2.45) is 0 Å². The molecule has 1 aromatic rings. The molecule has 1 aliphatic heterocycles. The molecule has 1 aromatic heterocycles. The van der Waals surface area contributed by atoms with Crippen LogP contribution in [0.3, 0.4) is 0 Å². The topological polar surface area (TPSA) is 41.6 Å². The van der Waals surface area contributed by atoms with Gasteiger partial charge in [0.25, 0.3) is 0 Å². The maximum Gasteiger partial charge on any atom is 0.234 e. The monoisotopic (exact) mass is 316 g/mol. The van der Waals surface area contributed by atoms with Crippen molar-refractivity contribution >= 4 is 28.8 Å². The van der Waals surface area contributed by atoms with Gasteiger partial charge in [-0.2, -0.15) is 0 Å². The maximum atomic E-state index is 11.9. The Morgan fingerprint density at radius 1 is 1.60 bits per heavy atom. The van der Waals surface area contributed by atoms with Crippen molar-refractivity contribution in [1.29, 1.82) is 0 Å². The van der Waals surface area contributed by atoms with Crippen molar-refractivity contribution in [3.63, 3.8) is 0 Å². The van der Waals surface area contributed by atoms with E-state index in [0.717, 1.165) is 36.9 Å². The number of carbonyl (C=O) groups excluding carboxylic acids is 1. The highest BCUT2D eigenvalue weighted by Gasteiger charge is 2.17. The standard InChI is InChI=1S/C14H21ClN2O2S/c1-2-17(9-12-5-6-13(15)20-12)10-14(18)16-8-11-4-3-7-19-11/h5-6,11H,2-4,7-10H2,1H3,(H,16,18)/t11-/m1/s1. The van der Waals surface area contributed by atoms with Gasteiger partial charge in [-0.15, -0.1) is 11.3 Å². The quantitative estimate of drug-likeness (QED) is 0.840. The molecule has 1 amide bonds. The van der Waals surface area contributed by atoms with Gasteiger partial charge in [0.15, 0.2) is 0 Å². The predicted octanol–water partition coefficient (Wildman–Crippen LogP) is 2.52. The Bertz CT molecular complexity index is 433. The minimum Gasteiger partial charge on any atom is -0.376 e. The van der Waals surface area contributed by atoms with Crippen LogP contribution < -0.4 is 5.32 Å². The molecule has 0 saturated carbocycles. The first-order chi connectivity index (χ1) is 9.67. The Labute approximate surface area is 129 Å². The van der Waals surface area contributed by atoms with Crippen LogP contribution in [0.15, 0.2) is 12.1 Å². The molecule has 1 aliphatic rings. The summed E-state index contributed by atoms with van der Waals surface area (Å²) in [7, 11) is 0. The van der Waals surface area contributed by atoms with E-state index in [0.29, 0.717) is 13.1 Å². The van der Waals surface area contributed by atoms with Crippen LogP contribution in [0.25, 0.3) is 0 Å². The fourth-order valence-corrected chi connectivity index (χ4v) is 3.36. The smallest absolute Gasteiger partial charge is 0.234 e. The fourth-order valence-electron chi connectivity index (χ4n) is 2.23. The van der Waals surface area contributed by atoms with E-state index in [9.17, 15) is 4.79 Å². The van der Waals surface area contributed by atoms with Crippen LogP contribution >= 0.6 is 22.9 Å². The van der Waals surface area contributed by atoms with Gasteiger partial charge in [-0.25, -0.2) is 0 Å². The van der Waals surface area contributed by atoms with E-state index in [-0.39, 0.29) is 12.0 Å². The Kier molecular flexibility index (Phi) is 6.29. The zero-order valence-corrected chi connectivity index (χ0v) is 13.3. The van der Waals surface area contributed by atoms with Crippen molar-refractivity contribution in [3.05, 3.63) is 21.3 Å². The average Bonchev–Trinajstić information content (AvgIpc) is 3.07. The second-order valence-corrected chi connectivity index (χ2v) is 6.75. The van der Waals surface area contributed by atoms with Crippen LogP contribution in [0.4, 0.5) is 0 Å². The number of hydrogen-bond acceptors (Lipinski definition) is 4. The summed E-state index contributed by atoms with van der Waals surface area (Å²) in [5.74, 6) is 0.0602. The summed E-state index contributed by atoms with van der Waals surface area (Å²) in [6.07, 6.45) is 2.34. The molecule has 1 N–H and O–H groups in total. The third-order valence-corrected chi connectivity index (χ3v) is 4.59. The van der Waals surface area contributed by atoms with Crippen molar-refractivity contribution in [2.45, 2.75) is 32.4 Å². The second-order valence-electron chi connectivity index (χ2n) is 4.95. The SMILES string of the molecule is CCN(CC(=O)NC[C@H]1CCCO1)Cc1ccc(Cl)s1. The number of ether oxygens (including phenoxy) is 1. The molecule has 1 atom stereocenters. The molecule has 1 fully saturated rings. The Morgan fingerprint density at radius 3 is 3.05 bits per heavy atom. The highest BCUT2D eigenvalue weighted by atomic mass is 35.5. The summed E-state index contributed by atoms with van der Waals surface area (Å²) in [6.45, 7) is 5.52. The lowest BCUT2D eigenvalue weighted by molar-refractivity contribution is -0.122. The molecular formula is C14H21ClN2O2S. The van der Waals surface area contributed by atoms with Gasteiger partial charge in [0.1, 0.15) is 0 Å². The molecular weight excluding hydrogens is 296 g/mol. The number of amides is 1. The van der Waals surface area contributed by atoms with Crippen LogP contribution in [0.2, 0.25) is 4.34 Å². The molecule has 6 heteroatoms. The number of thiophene rings is 1. The van der Waals surface area contributed by atoms with Gasteiger partial charge in [0.2, 0.25) is 5.91 Å². The third-order valence-electron chi connectivity index (χ3n) is 3.37. The van der Waals surface area contributed by atoms with Gasteiger partial charge < -0.3 is 10.1 Å². The van der Waals surface area contributed by atoms with Crippen LogP contribution in [-0.4, -0.2) is 43.2 Å². The Balaban J connectivity index is 1.72. The van der Waals surface area contributed by atoms with Gasteiger partial charge in [-0.1, -0.05) is 18.5 Å². The molecule has 112 valence electrons. The predicted molar refractivity (Wildman–Crippen MR) is 82.3 cm³/mol. The molecule has 0 bridgehead atoms. The summed E-state index contributed by atoms with van der Waals surface area (Å²) in [5.41, 5.74) is 0. The zero-order chi connectivity index (χ0) is 14.4. The lowest BCUT2D eigenvalue weighted by Crippen LogP contribution is -2.39.